The van der Waals surface area contributed by atoms with Gasteiger partial charge in [0.2, 0.25) is 0 Å². The molecule has 0 radical (unpaired) electrons. The van der Waals surface area contributed by atoms with Gasteiger partial charge in [0, 0.05) is 6.42 Å². The van der Waals surface area contributed by atoms with Crippen LogP contribution in [-0.2, 0) is 16.0 Å². The quantitative estimate of drug-likeness (QED) is 0.824. The van der Waals surface area contributed by atoms with Crippen molar-refractivity contribution in [1.29, 1.82) is 0 Å². The molecule has 1 saturated heterocycles. The molecule has 3 amide bonds. The predicted octanol–water partition coefficient (Wildman–Crippen LogP) is 2.87. The fraction of sp³-hybridized carbons (Fsp3) is 0.400. The molecule has 25 heavy (non-hydrogen) atoms. The fourth-order valence-corrected chi connectivity index (χ4v) is 3.47. The molecule has 1 aliphatic heterocycles. The first-order chi connectivity index (χ1) is 12.2. The summed E-state index contributed by atoms with van der Waals surface area (Å²) in [4.78, 5) is 26.0. The van der Waals surface area contributed by atoms with Crippen molar-refractivity contribution < 1.29 is 14.3 Å². The lowest BCUT2D eigenvalue weighted by atomic mass is 9.96. The third kappa shape index (κ3) is 3.24. The zero-order valence-electron chi connectivity index (χ0n) is 14.1. The summed E-state index contributed by atoms with van der Waals surface area (Å²) in [7, 11) is 0. The van der Waals surface area contributed by atoms with Gasteiger partial charge < -0.3 is 10.1 Å². The fourth-order valence-electron chi connectivity index (χ4n) is 3.47. The Hall–Kier alpha value is -2.40. The van der Waals surface area contributed by atoms with Gasteiger partial charge in [-0.15, -0.1) is 0 Å². The number of ether oxygens (including phenoxy) is 1. The third-order valence-electron chi connectivity index (χ3n) is 5.13. The lowest BCUT2D eigenvalue weighted by molar-refractivity contribution is -0.128. The Balaban J connectivity index is 1.42. The van der Waals surface area contributed by atoms with Crippen molar-refractivity contribution in [3.8, 4) is 0 Å². The monoisotopic (exact) mass is 338 g/mol. The first-order valence-electron chi connectivity index (χ1n) is 8.92. The number of imide groups is 1. The van der Waals surface area contributed by atoms with Crippen LogP contribution in [-0.4, -0.2) is 42.1 Å². The Morgan fingerprint density at radius 1 is 1.08 bits per heavy atom. The SMILES string of the molecule is O=C1NC(Cc2cccc3ccccc23)C(=O)N1CCOC1CCC1. The standard InChI is InChI=1S/C20H22N2O3/c23-19-18(13-15-7-3-6-14-5-1-2-10-17(14)15)21-20(24)22(19)11-12-25-16-8-4-9-16/h1-3,5-7,10,16,18H,4,8-9,11-13H2,(H,21,24). The van der Waals surface area contributed by atoms with E-state index in [0.717, 1.165) is 29.2 Å². The van der Waals surface area contributed by atoms with Crippen LogP contribution < -0.4 is 5.32 Å². The van der Waals surface area contributed by atoms with Crippen LogP contribution in [0.5, 0.6) is 0 Å². The number of rotatable bonds is 6. The highest BCUT2D eigenvalue weighted by atomic mass is 16.5. The van der Waals surface area contributed by atoms with E-state index >= 15 is 0 Å². The minimum absolute atomic E-state index is 0.157. The second-order valence-electron chi connectivity index (χ2n) is 6.76. The largest absolute Gasteiger partial charge is 0.376 e. The molecule has 1 heterocycles. The summed E-state index contributed by atoms with van der Waals surface area (Å²) in [6.45, 7) is 0.748. The summed E-state index contributed by atoms with van der Waals surface area (Å²) in [5, 5.41) is 5.08. The van der Waals surface area contributed by atoms with Crippen LogP contribution in [0.1, 0.15) is 24.8 Å². The smallest absolute Gasteiger partial charge is 0.324 e. The number of amides is 3. The number of nitrogens with zero attached hydrogens (tertiary/aromatic N) is 1. The summed E-state index contributed by atoms with van der Waals surface area (Å²) < 4.78 is 5.67. The molecule has 2 aromatic rings. The summed E-state index contributed by atoms with van der Waals surface area (Å²) in [6.07, 6.45) is 4.20. The van der Waals surface area contributed by atoms with Gasteiger partial charge in [0.25, 0.3) is 5.91 Å². The molecule has 1 saturated carbocycles. The normalized spacial score (nSPS) is 20.8. The summed E-state index contributed by atoms with van der Waals surface area (Å²) in [5.74, 6) is -0.157. The molecule has 0 spiro atoms. The minimum Gasteiger partial charge on any atom is -0.376 e. The van der Waals surface area contributed by atoms with E-state index in [9.17, 15) is 9.59 Å². The predicted molar refractivity (Wildman–Crippen MR) is 95.3 cm³/mol. The van der Waals surface area contributed by atoms with E-state index in [2.05, 4.69) is 23.5 Å². The highest BCUT2D eigenvalue weighted by molar-refractivity contribution is 6.04. The number of nitrogens with one attached hydrogen (secondary N) is 1. The number of fused-ring (bicyclic) bond motifs is 1. The molecule has 2 aromatic carbocycles. The van der Waals surface area contributed by atoms with Gasteiger partial charge in [-0.3, -0.25) is 9.69 Å². The maximum atomic E-state index is 12.6. The van der Waals surface area contributed by atoms with Crippen LogP contribution in [0, 0.1) is 0 Å². The van der Waals surface area contributed by atoms with E-state index in [4.69, 9.17) is 4.74 Å². The first-order valence-corrected chi connectivity index (χ1v) is 8.92. The van der Waals surface area contributed by atoms with Crippen molar-refractivity contribution in [2.45, 2.75) is 37.8 Å². The maximum Gasteiger partial charge on any atom is 0.324 e. The molecule has 1 N–H and O–H groups in total. The van der Waals surface area contributed by atoms with Gasteiger partial charge in [0.1, 0.15) is 6.04 Å². The van der Waals surface area contributed by atoms with Crippen molar-refractivity contribution >= 4 is 22.7 Å². The van der Waals surface area contributed by atoms with Crippen molar-refractivity contribution in [2.75, 3.05) is 13.2 Å². The van der Waals surface area contributed by atoms with Gasteiger partial charge >= 0.3 is 6.03 Å². The third-order valence-corrected chi connectivity index (χ3v) is 5.13. The number of carbonyl (C=O) groups is 2. The summed E-state index contributed by atoms with van der Waals surface area (Å²) >= 11 is 0. The van der Waals surface area contributed by atoms with Crippen LogP contribution in [0.2, 0.25) is 0 Å². The molecule has 0 bridgehead atoms. The van der Waals surface area contributed by atoms with Crippen LogP contribution in [0.3, 0.4) is 0 Å². The van der Waals surface area contributed by atoms with Gasteiger partial charge in [0.15, 0.2) is 0 Å². The topological polar surface area (TPSA) is 58.6 Å². The lowest BCUT2D eigenvalue weighted by Gasteiger charge is -2.26. The Kier molecular flexibility index (Phi) is 4.40. The molecule has 130 valence electrons. The van der Waals surface area contributed by atoms with E-state index in [1.165, 1.54) is 11.3 Å². The van der Waals surface area contributed by atoms with Gasteiger partial charge in [-0.25, -0.2) is 4.79 Å². The first kappa shape index (κ1) is 16.1. The van der Waals surface area contributed by atoms with Gasteiger partial charge in [-0.1, -0.05) is 42.5 Å². The molecule has 1 unspecified atom stereocenters. The van der Waals surface area contributed by atoms with Gasteiger partial charge in [-0.2, -0.15) is 0 Å². The highest BCUT2D eigenvalue weighted by Crippen LogP contribution is 2.23. The van der Waals surface area contributed by atoms with E-state index in [-0.39, 0.29) is 11.9 Å². The average Bonchev–Trinajstić information content (AvgIpc) is 2.84. The molecule has 5 nitrogen and oxygen atoms in total. The molecule has 2 fully saturated rings. The molecule has 2 aliphatic rings. The second-order valence-corrected chi connectivity index (χ2v) is 6.76. The van der Waals surface area contributed by atoms with E-state index in [1.54, 1.807) is 0 Å². The Morgan fingerprint density at radius 3 is 2.68 bits per heavy atom. The summed E-state index contributed by atoms with van der Waals surface area (Å²) in [6, 6.07) is 13.3. The van der Waals surface area contributed by atoms with Crippen LogP contribution >= 0.6 is 0 Å². The van der Waals surface area contributed by atoms with E-state index in [0.29, 0.717) is 25.7 Å². The van der Waals surface area contributed by atoms with Crippen LogP contribution in [0.25, 0.3) is 10.8 Å². The molecule has 1 aliphatic carbocycles. The Labute approximate surface area is 146 Å². The minimum atomic E-state index is -0.498. The lowest BCUT2D eigenvalue weighted by Crippen LogP contribution is -2.36. The van der Waals surface area contributed by atoms with E-state index in [1.807, 2.05) is 24.3 Å². The zero-order valence-corrected chi connectivity index (χ0v) is 14.1. The van der Waals surface area contributed by atoms with Crippen molar-refractivity contribution in [1.82, 2.24) is 10.2 Å². The van der Waals surface area contributed by atoms with Gasteiger partial charge in [-0.05, 0) is 35.6 Å². The van der Waals surface area contributed by atoms with Gasteiger partial charge in [0.05, 0.1) is 19.3 Å². The van der Waals surface area contributed by atoms with Crippen LogP contribution in [0.15, 0.2) is 42.5 Å². The number of carbonyl (C=O) groups excluding carboxylic acids is 2. The molecule has 0 aromatic heterocycles. The Morgan fingerprint density at radius 2 is 1.88 bits per heavy atom. The number of benzene rings is 2. The van der Waals surface area contributed by atoms with Crippen molar-refractivity contribution in [3.63, 3.8) is 0 Å². The number of urea groups is 1. The average molecular weight is 338 g/mol. The highest BCUT2D eigenvalue weighted by Gasteiger charge is 2.37. The molecule has 4 rings (SSSR count). The number of hydrogen-bond donors (Lipinski definition) is 1. The number of hydrogen-bond acceptors (Lipinski definition) is 3. The Bertz CT molecular complexity index is 795. The molecular formula is C20H22N2O3. The zero-order chi connectivity index (χ0) is 17.2. The molecular weight excluding hydrogens is 316 g/mol. The maximum absolute atomic E-state index is 12.6. The molecule has 5 heteroatoms. The van der Waals surface area contributed by atoms with Crippen LogP contribution in [0.4, 0.5) is 4.79 Å². The second kappa shape index (κ2) is 6.84. The molecule has 1 atom stereocenters. The van der Waals surface area contributed by atoms with E-state index < -0.39 is 6.04 Å². The summed E-state index contributed by atoms with van der Waals surface area (Å²) in [5.41, 5.74) is 1.07. The van der Waals surface area contributed by atoms with Crippen molar-refractivity contribution in [2.24, 2.45) is 0 Å². The van der Waals surface area contributed by atoms with Crippen molar-refractivity contribution in [3.05, 3.63) is 48.0 Å².